The molecule has 0 aliphatic carbocycles. The van der Waals surface area contributed by atoms with Gasteiger partial charge < -0.3 is 50.3 Å². The van der Waals surface area contributed by atoms with Gasteiger partial charge in [0.1, 0.15) is 61.0 Å². The highest BCUT2D eigenvalue weighted by Gasteiger charge is 2.45. The number of aliphatic hydroxyl groups excluding tert-OH is 8. The summed E-state index contributed by atoms with van der Waals surface area (Å²) in [6, 6.07) is 22.2. The van der Waals surface area contributed by atoms with E-state index in [9.17, 15) is 40.9 Å². The minimum absolute atomic E-state index is 0.500. The van der Waals surface area contributed by atoms with Crippen molar-refractivity contribution in [3.63, 3.8) is 0 Å². The zero-order chi connectivity index (χ0) is 28.6. The second kappa shape index (κ2) is 12.0. The zero-order valence-electron chi connectivity index (χ0n) is 21.5. The summed E-state index contributed by atoms with van der Waals surface area (Å²) < 4.78 is 11.4. The Morgan fingerprint density at radius 3 is 1.18 bits per heavy atom. The molecular formula is C30H34O10. The monoisotopic (exact) mass is 554 g/mol. The Morgan fingerprint density at radius 2 is 0.825 bits per heavy atom. The Balaban J connectivity index is 1.36. The van der Waals surface area contributed by atoms with Crippen LogP contribution in [0.3, 0.4) is 0 Å². The topological polar surface area (TPSA) is 180 Å². The standard InChI is InChI=1S/C30H34O10/c31-13-21-23(33)25(35)27(37)29(39-21)19-5-1-3-17(11-19)15-7-9-16(10-8-15)18-4-2-6-20(12-18)30-28(38)26(36)24(34)22(14-32)40-30/h1-12,21-38H,13-14H2/t21?,22?,23-,24-,25?,26?,27?,28?,29-,30-/m1/s1. The molecule has 0 aromatic heterocycles. The Morgan fingerprint density at radius 1 is 0.450 bits per heavy atom. The van der Waals surface area contributed by atoms with Crippen LogP contribution in [0.25, 0.3) is 22.3 Å². The third-order valence-electron chi connectivity index (χ3n) is 7.77. The second-order valence-electron chi connectivity index (χ2n) is 10.3. The number of ether oxygens (including phenoxy) is 2. The molecule has 3 aromatic carbocycles. The van der Waals surface area contributed by atoms with Crippen LogP contribution in [-0.4, -0.2) is 103 Å². The second-order valence-corrected chi connectivity index (χ2v) is 10.3. The lowest BCUT2D eigenvalue weighted by atomic mass is 9.89. The third-order valence-corrected chi connectivity index (χ3v) is 7.77. The van der Waals surface area contributed by atoms with Crippen LogP contribution in [0, 0.1) is 0 Å². The van der Waals surface area contributed by atoms with E-state index in [1.54, 1.807) is 24.3 Å². The van der Waals surface area contributed by atoms with Crippen LogP contribution in [-0.2, 0) is 9.47 Å². The van der Waals surface area contributed by atoms with Crippen LogP contribution in [0.5, 0.6) is 0 Å². The highest BCUT2D eigenvalue weighted by Crippen LogP contribution is 2.36. The van der Waals surface area contributed by atoms with E-state index in [-0.39, 0.29) is 0 Å². The molecule has 10 heteroatoms. The lowest BCUT2D eigenvalue weighted by molar-refractivity contribution is -0.231. The first-order valence-electron chi connectivity index (χ1n) is 13.1. The van der Waals surface area contributed by atoms with Crippen LogP contribution in [0.2, 0.25) is 0 Å². The quantitative estimate of drug-likeness (QED) is 0.207. The summed E-state index contributed by atoms with van der Waals surface area (Å²) in [6.45, 7) is -1.000. The van der Waals surface area contributed by atoms with Gasteiger partial charge in [-0.3, -0.25) is 0 Å². The summed E-state index contributed by atoms with van der Waals surface area (Å²) in [5, 5.41) is 80.5. The van der Waals surface area contributed by atoms with E-state index in [0.717, 1.165) is 22.3 Å². The summed E-state index contributed by atoms with van der Waals surface area (Å²) >= 11 is 0. The molecule has 2 saturated heterocycles. The number of rotatable bonds is 6. The van der Waals surface area contributed by atoms with Crippen molar-refractivity contribution in [1.82, 2.24) is 0 Å². The van der Waals surface area contributed by atoms with Gasteiger partial charge in [0, 0.05) is 0 Å². The molecule has 0 saturated carbocycles. The van der Waals surface area contributed by atoms with Gasteiger partial charge in [0.05, 0.1) is 13.2 Å². The Hall–Kier alpha value is -2.74. The summed E-state index contributed by atoms with van der Waals surface area (Å²) in [4.78, 5) is 0. The highest BCUT2D eigenvalue weighted by atomic mass is 16.6. The largest absolute Gasteiger partial charge is 0.394 e. The predicted molar refractivity (Wildman–Crippen MR) is 143 cm³/mol. The molecule has 2 fully saturated rings. The van der Waals surface area contributed by atoms with Crippen molar-refractivity contribution in [2.24, 2.45) is 0 Å². The first-order chi connectivity index (χ1) is 19.2. The van der Waals surface area contributed by atoms with E-state index in [2.05, 4.69) is 0 Å². The van der Waals surface area contributed by atoms with E-state index in [1.165, 1.54) is 0 Å². The third kappa shape index (κ3) is 5.44. The van der Waals surface area contributed by atoms with Gasteiger partial charge in [-0.15, -0.1) is 0 Å². The Kier molecular flexibility index (Phi) is 8.64. The molecule has 5 rings (SSSR count). The van der Waals surface area contributed by atoms with E-state index in [1.807, 2.05) is 48.5 Å². The van der Waals surface area contributed by atoms with Gasteiger partial charge in [0.2, 0.25) is 0 Å². The number of hydrogen-bond acceptors (Lipinski definition) is 10. The molecule has 0 radical (unpaired) electrons. The van der Waals surface area contributed by atoms with E-state index in [4.69, 9.17) is 9.47 Å². The molecule has 3 aromatic rings. The van der Waals surface area contributed by atoms with Gasteiger partial charge in [-0.25, -0.2) is 0 Å². The molecule has 10 atom stereocenters. The van der Waals surface area contributed by atoms with Crippen LogP contribution in [0.1, 0.15) is 23.3 Å². The van der Waals surface area contributed by atoms with Crippen molar-refractivity contribution in [3.05, 3.63) is 83.9 Å². The summed E-state index contributed by atoms with van der Waals surface area (Å²) in [7, 11) is 0. The van der Waals surface area contributed by atoms with Gasteiger partial charge in [-0.05, 0) is 45.5 Å². The average molecular weight is 555 g/mol. The van der Waals surface area contributed by atoms with Crippen molar-refractivity contribution in [2.45, 2.75) is 61.0 Å². The molecule has 10 nitrogen and oxygen atoms in total. The zero-order valence-corrected chi connectivity index (χ0v) is 21.5. The highest BCUT2D eigenvalue weighted by molar-refractivity contribution is 5.71. The van der Waals surface area contributed by atoms with Gasteiger partial charge in [0.25, 0.3) is 0 Å². The lowest BCUT2D eigenvalue weighted by Crippen LogP contribution is -2.55. The molecule has 40 heavy (non-hydrogen) atoms. The van der Waals surface area contributed by atoms with Gasteiger partial charge in [-0.1, -0.05) is 60.7 Å². The van der Waals surface area contributed by atoms with Crippen LogP contribution in [0.4, 0.5) is 0 Å². The molecule has 0 bridgehead atoms. The first-order valence-corrected chi connectivity index (χ1v) is 13.1. The van der Waals surface area contributed by atoms with E-state index in [0.29, 0.717) is 11.1 Å². The maximum Gasteiger partial charge on any atom is 0.113 e. The van der Waals surface area contributed by atoms with E-state index >= 15 is 0 Å². The van der Waals surface area contributed by atoms with Gasteiger partial charge in [-0.2, -0.15) is 0 Å². The average Bonchev–Trinajstić information content (AvgIpc) is 2.99. The predicted octanol–water partition coefficient (Wildman–Crippen LogP) is 0.0504. The SMILES string of the molecule is OCC1O[C@H](c2cccc(-c3ccc(-c4cccc([C@H]5OC(CO)[C@@H](O)C(O)C5O)c4)cc3)c2)C(O)C(O)[C@@H]1O. The minimum atomic E-state index is -1.46. The molecule has 0 amide bonds. The van der Waals surface area contributed by atoms with Crippen LogP contribution < -0.4 is 0 Å². The lowest BCUT2D eigenvalue weighted by Gasteiger charge is -2.40. The fourth-order valence-corrected chi connectivity index (χ4v) is 5.40. The first kappa shape index (κ1) is 28.8. The van der Waals surface area contributed by atoms with Crippen molar-refractivity contribution in [2.75, 3.05) is 13.2 Å². The van der Waals surface area contributed by atoms with Gasteiger partial charge >= 0.3 is 0 Å². The summed E-state index contributed by atoms with van der Waals surface area (Å²) in [5.41, 5.74) is 4.59. The Bertz CT molecular complexity index is 1180. The van der Waals surface area contributed by atoms with E-state index < -0.39 is 74.3 Å². The minimum Gasteiger partial charge on any atom is -0.394 e. The van der Waals surface area contributed by atoms with Crippen LogP contribution >= 0.6 is 0 Å². The Labute approximate surface area is 230 Å². The molecule has 2 heterocycles. The van der Waals surface area contributed by atoms with Crippen molar-refractivity contribution in [1.29, 1.82) is 0 Å². The molecule has 2 aliphatic heterocycles. The summed E-state index contributed by atoms with van der Waals surface area (Å²) in [5.74, 6) is 0. The molecule has 2 aliphatic rings. The molecule has 8 N–H and O–H groups in total. The normalized spacial score (nSPS) is 34.5. The number of aliphatic hydroxyl groups is 8. The van der Waals surface area contributed by atoms with Crippen molar-refractivity contribution in [3.8, 4) is 22.3 Å². The maximum atomic E-state index is 10.5. The molecule has 6 unspecified atom stereocenters. The smallest absolute Gasteiger partial charge is 0.113 e. The molecule has 0 spiro atoms. The fraction of sp³-hybridized carbons (Fsp3) is 0.400. The molecular weight excluding hydrogens is 520 g/mol. The van der Waals surface area contributed by atoms with Crippen molar-refractivity contribution < 1.29 is 50.3 Å². The number of benzene rings is 3. The number of hydrogen-bond donors (Lipinski definition) is 8. The van der Waals surface area contributed by atoms with Crippen molar-refractivity contribution >= 4 is 0 Å². The van der Waals surface area contributed by atoms with Crippen LogP contribution in [0.15, 0.2) is 72.8 Å². The molecule has 214 valence electrons. The maximum absolute atomic E-state index is 10.5. The fourth-order valence-electron chi connectivity index (χ4n) is 5.40. The van der Waals surface area contributed by atoms with Gasteiger partial charge in [0.15, 0.2) is 0 Å². The summed E-state index contributed by atoms with van der Waals surface area (Å²) in [6.07, 6.45) is -12.4.